The molecule has 0 fully saturated rings. The molecule has 172 valence electrons. The number of nitrogens with one attached hydrogen (secondary N) is 2. The predicted octanol–water partition coefficient (Wildman–Crippen LogP) is 4.58. The van der Waals surface area contributed by atoms with Crippen LogP contribution in [-0.4, -0.2) is 25.0 Å². The summed E-state index contributed by atoms with van der Waals surface area (Å²) < 4.78 is 11.5. The molecule has 0 spiro atoms. The predicted molar refractivity (Wildman–Crippen MR) is 128 cm³/mol. The van der Waals surface area contributed by atoms with Gasteiger partial charge in [0.1, 0.15) is 11.5 Å². The minimum absolute atomic E-state index is 0.210. The van der Waals surface area contributed by atoms with E-state index in [2.05, 4.69) is 24.7 Å². The number of carbonyl (C=O) groups is 2. The van der Waals surface area contributed by atoms with Crippen molar-refractivity contribution in [2.75, 3.05) is 13.2 Å². The molecule has 0 aliphatic heterocycles. The fraction of sp³-hybridized carbons (Fsp3) is 0.259. The Labute approximate surface area is 194 Å². The van der Waals surface area contributed by atoms with Crippen molar-refractivity contribution in [3.05, 3.63) is 95.1 Å². The maximum absolute atomic E-state index is 12.6. The van der Waals surface area contributed by atoms with E-state index >= 15 is 0 Å². The van der Waals surface area contributed by atoms with E-state index in [9.17, 15) is 9.59 Å². The van der Waals surface area contributed by atoms with Gasteiger partial charge >= 0.3 is 0 Å². The first kappa shape index (κ1) is 23.9. The maximum Gasteiger partial charge on any atom is 0.276 e. The summed E-state index contributed by atoms with van der Waals surface area (Å²) in [6.45, 7) is 6.33. The molecule has 3 aromatic carbocycles. The third-order valence-electron chi connectivity index (χ3n) is 5.09. The number of hydrogen-bond donors (Lipinski definition) is 2. The van der Waals surface area contributed by atoms with E-state index in [0.29, 0.717) is 23.7 Å². The van der Waals surface area contributed by atoms with E-state index in [-0.39, 0.29) is 12.5 Å². The van der Waals surface area contributed by atoms with Crippen LogP contribution in [0.15, 0.2) is 72.8 Å². The number of ether oxygens (including phenoxy) is 2. The first-order valence-electron chi connectivity index (χ1n) is 11.0. The molecule has 0 heterocycles. The average Bonchev–Trinajstić information content (AvgIpc) is 2.82. The van der Waals surface area contributed by atoms with Crippen molar-refractivity contribution < 1.29 is 19.1 Å². The minimum Gasteiger partial charge on any atom is -0.492 e. The Balaban J connectivity index is 1.51. The molecule has 0 aliphatic rings. The summed E-state index contributed by atoms with van der Waals surface area (Å²) in [7, 11) is 0. The van der Waals surface area contributed by atoms with Crippen LogP contribution in [-0.2, 0) is 11.2 Å². The van der Waals surface area contributed by atoms with Crippen molar-refractivity contribution in [1.82, 2.24) is 10.9 Å². The molecule has 0 bridgehead atoms. The standard InChI is InChI=1S/C27H30N2O4/c1-19(2)22-14-13-20(3)17-25(22)33-18-26(30)28-29-27(31)23-11-7-8-12-24(23)32-16-15-21-9-5-4-6-10-21/h4-14,17,19H,15-16,18H2,1-3H3,(H,28,30)(H,29,31). The Kier molecular flexibility index (Phi) is 8.47. The molecule has 6 heteroatoms. The molecule has 0 saturated carbocycles. The van der Waals surface area contributed by atoms with Crippen molar-refractivity contribution in [2.45, 2.75) is 33.1 Å². The van der Waals surface area contributed by atoms with Gasteiger partial charge in [0.25, 0.3) is 11.8 Å². The van der Waals surface area contributed by atoms with Crippen LogP contribution in [0, 0.1) is 6.92 Å². The first-order chi connectivity index (χ1) is 15.9. The monoisotopic (exact) mass is 446 g/mol. The number of benzene rings is 3. The second-order valence-electron chi connectivity index (χ2n) is 8.07. The maximum atomic E-state index is 12.6. The summed E-state index contributed by atoms with van der Waals surface area (Å²) >= 11 is 0. The fourth-order valence-electron chi connectivity index (χ4n) is 3.32. The van der Waals surface area contributed by atoms with Gasteiger partial charge in [-0.05, 0) is 47.7 Å². The van der Waals surface area contributed by atoms with Gasteiger partial charge in [0.05, 0.1) is 12.2 Å². The second kappa shape index (κ2) is 11.7. The third kappa shape index (κ3) is 7.10. The molecular formula is C27H30N2O4. The van der Waals surface area contributed by atoms with Crippen LogP contribution in [0.1, 0.15) is 46.8 Å². The molecule has 0 aromatic heterocycles. The van der Waals surface area contributed by atoms with Crippen LogP contribution in [0.3, 0.4) is 0 Å². The number of hydrogen-bond acceptors (Lipinski definition) is 4. The summed E-state index contributed by atoms with van der Waals surface area (Å²) in [5, 5.41) is 0. The van der Waals surface area contributed by atoms with Gasteiger partial charge in [0, 0.05) is 6.42 Å². The highest BCUT2D eigenvalue weighted by Gasteiger charge is 2.14. The van der Waals surface area contributed by atoms with Crippen LogP contribution >= 0.6 is 0 Å². The lowest BCUT2D eigenvalue weighted by Crippen LogP contribution is -2.44. The van der Waals surface area contributed by atoms with E-state index in [1.165, 1.54) is 0 Å². The van der Waals surface area contributed by atoms with Gasteiger partial charge in [-0.15, -0.1) is 0 Å². The first-order valence-corrected chi connectivity index (χ1v) is 11.0. The Morgan fingerprint density at radius 2 is 1.58 bits per heavy atom. The molecule has 0 saturated heterocycles. The lowest BCUT2D eigenvalue weighted by Gasteiger charge is -2.15. The zero-order valence-corrected chi connectivity index (χ0v) is 19.3. The normalized spacial score (nSPS) is 10.5. The number of carbonyl (C=O) groups excluding carboxylic acids is 2. The quantitative estimate of drug-likeness (QED) is 0.472. The van der Waals surface area contributed by atoms with Crippen LogP contribution < -0.4 is 20.3 Å². The van der Waals surface area contributed by atoms with Crippen molar-refractivity contribution >= 4 is 11.8 Å². The van der Waals surface area contributed by atoms with E-state index in [1.54, 1.807) is 24.3 Å². The number of para-hydroxylation sites is 1. The Morgan fingerprint density at radius 3 is 2.33 bits per heavy atom. The fourth-order valence-corrected chi connectivity index (χ4v) is 3.32. The molecule has 0 unspecified atom stereocenters. The molecule has 2 N–H and O–H groups in total. The topological polar surface area (TPSA) is 76.7 Å². The van der Waals surface area contributed by atoms with E-state index in [4.69, 9.17) is 9.47 Å². The van der Waals surface area contributed by atoms with Crippen molar-refractivity contribution in [3.63, 3.8) is 0 Å². The highest BCUT2D eigenvalue weighted by Crippen LogP contribution is 2.27. The van der Waals surface area contributed by atoms with Gasteiger partial charge in [0.2, 0.25) is 0 Å². The summed E-state index contributed by atoms with van der Waals surface area (Å²) in [5.41, 5.74) is 8.41. The molecule has 0 radical (unpaired) electrons. The highest BCUT2D eigenvalue weighted by atomic mass is 16.5. The van der Waals surface area contributed by atoms with Crippen LogP contribution in [0.25, 0.3) is 0 Å². The molecule has 33 heavy (non-hydrogen) atoms. The SMILES string of the molecule is Cc1ccc(C(C)C)c(OCC(=O)NNC(=O)c2ccccc2OCCc2ccccc2)c1. The smallest absolute Gasteiger partial charge is 0.276 e. The lowest BCUT2D eigenvalue weighted by molar-refractivity contribution is -0.123. The number of hydrazine groups is 1. The zero-order chi connectivity index (χ0) is 23.6. The van der Waals surface area contributed by atoms with Crippen LogP contribution in [0.2, 0.25) is 0 Å². The molecule has 2 amide bonds. The number of rotatable bonds is 9. The van der Waals surface area contributed by atoms with Gasteiger partial charge < -0.3 is 9.47 Å². The zero-order valence-electron chi connectivity index (χ0n) is 19.3. The van der Waals surface area contributed by atoms with E-state index < -0.39 is 11.8 Å². The molecule has 0 aliphatic carbocycles. The number of amides is 2. The van der Waals surface area contributed by atoms with Gasteiger partial charge in [-0.1, -0.05) is 68.4 Å². The molecular weight excluding hydrogens is 416 g/mol. The Hall–Kier alpha value is -3.80. The van der Waals surface area contributed by atoms with Gasteiger partial charge in [-0.2, -0.15) is 0 Å². The van der Waals surface area contributed by atoms with Crippen molar-refractivity contribution in [2.24, 2.45) is 0 Å². The van der Waals surface area contributed by atoms with Crippen LogP contribution in [0.4, 0.5) is 0 Å². The summed E-state index contributed by atoms with van der Waals surface area (Å²) in [6.07, 6.45) is 0.724. The summed E-state index contributed by atoms with van der Waals surface area (Å²) in [6, 6.07) is 22.8. The van der Waals surface area contributed by atoms with Gasteiger partial charge in [-0.3, -0.25) is 20.4 Å². The van der Waals surface area contributed by atoms with Crippen molar-refractivity contribution in [1.29, 1.82) is 0 Å². The largest absolute Gasteiger partial charge is 0.492 e. The molecule has 3 aromatic rings. The lowest BCUT2D eigenvalue weighted by atomic mass is 10.0. The molecule has 6 nitrogen and oxygen atoms in total. The average molecular weight is 447 g/mol. The van der Waals surface area contributed by atoms with E-state index in [1.807, 2.05) is 55.5 Å². The van der Waals surface area contributed by atoms with Crippen molar-refractivity contribution in [3.8, 4) is 11.5 Å². The van der Waals surface area contributed by atoms with Gasteiger partial charge in [0.15, 0.2) is 6.61 Å². The Bertz CT molecular complexity index is 1080. The van der Waals surface area contributed by atoms with Gasteiger partial charge in [-0.25, -0.2) is 0 Å². The minimum atomic E-state index is -0.461. The molecule has 0 atom stereocenters. The summed E-state index contributed by atoms with van der Waals surface area (Å²) in [5.74, 6) is 0.474. The third-order valence-corrected chi connectivity index (χ3v) is 5.09. The molecule has 3 rings (SSSR count). The second-order valence-corrected chi connectivity index (χ2v) is 8.07. The highest BCUT2D eigenvalue weighted by molar-refractivity contribution is 5.97. The van der Waals surface area contributed by atoms with E-state index in [0.717, 1.165) is 23.1 Å². The number of aryl methyl sites for hydroxylation is 1. The summed E-state index contributed by atoms with van der Waals surface area (Å²) in [4.78, 5) is 24.9. The Morgan fingerprint density at radius 1 is 0.848 bits per heavy atom. The van der Waals surface area contributed by atoms with Crippen LogP contribution in [0.5, 0.6) is 11.5 Å².